The molecule has 42 heavy (non-hydrogen) atoms. The maximum absolute atomic E-state index is 11.8. The first kappa shape index (κ1) is 38.2. The molecule has 1 unspecified atom stereocenters. The minimum atomic E-state index is -0.0281. The van der Waals surface area contributed by atoms with Crippen LogP contribution in [0.3, 0.4) is 0 Å². The number of methoxy groups -OCH3 is 2. The van der Waals surface area contributed by atoms with Crippen molar-refractivity contribution in [3.05, 3.63) is 42.0 Å². The summed E-state index contributed by atoms with van der Waals surface area (Å²) in [5, 5.41) is 0. The van der Waals surface area contributed by atoms with E-state index in [9.17, 15) is 4.79 Å². The zero-order valence-corrected chi connectivity index (χ0v) is 27.9. The van der Waals surface area contributed by atoms with Crippen molar-refractivity contribution < 1.29 is 19.0 Å². The van der Waals surface area contributed by atoms with E-state index in [0.717, 1.165) is 18.8 Å². The van der Waals surface area contributed by atoms with Crippen LogP contribution in [0.25, 0.3) is 0 Å². The summed E-state index contributed by atoms with van der Waals surface area (Å²) in [6.07, 6.45) is 33.8. The van der Waals surface area contributed by atoms with E-state index in [0.29, 0.717) is 18.9 Å². The summed E-state index contributed by atoms with van der Waals surface area (Å²) in [4.78, 5) is 11.8. The van der Waals surface area contributed by atoms with Gasteiger partial charge in [0.1, 0.15) is 5.75 Å². The molecule has 0 aliphatic carbocycles. The quantitative estimate of drug-likeness (QED) is 0.0511. The van der Waals surface area contributed by atoms with E-state index >= 15 is 0 Å². The van der Waals surface area contributed by atoms with Crippen LogP contribution >= 0.6 is 0 Å². The number of hydrogen-bond donors (Lipinski definition) is 0. The third-order valence-corrected chi connectivity index (χ3v) is 8.39. The van der Waals surface area contributed by atoms with Gasteiger partial charge < -0.3 is 14.2 Å². The lowest BCUT2D eigenvalue weighted by Gasteiger charge is -2.15. The second-order valence-corrected chi connectivity index (χ2v) is 12.2. The minimum absolute atomic E-state index is 0.0281. The van der Waals surface area contributed by atoms with Crippen molar-refractivity contribution >= 4 is 5.97 Å². The molecule has 242 valence electrons. The Kier molecular flexibility index (Phi) is 26.6. The van der Waals surface area contributed by atoms with Crippen LogP contribution in [0, 0.1) is 5.92 Å². The maximum Gasteiger partial charge on any atom is 0.305 e. The molecule has 0 saturated heterocycles. The minimum Gasteiger partial charge on any atom is -0.497 e. The SMILES string of the molecule is CCCCCCCCCC(CCCCCCCCC/C=C\CCCCCCOCc1ccc(OC)cc1)CC(=O)OC. The molecule has 0 heterocycles. The Morgan fingerprint density at radius 2 is 1.17 bits per heavy atom. The van der Waals surface area contributed by atoms with Crippen molar-refractivity contribution in [2.75, 3.05) is 20.8 Å². The number of benzene rings is 1. The van der Waals surface area contributed by atoms with Crippen LogP contribution in [0.4, 0.5) is 0 Å². The molecule has 0 aliphatic heterocycles. The molecule has 0 aliphatic rings. The number of carbonyl (C=O) groups excluding carboxylic acids is 1. The van der Waals surface area contributed by atoms with Gasteiger partial charge in [0, 0.05) is 13.0 Å². The van der Waals surface area contributed by atoms with E-state index in [1.807, 2.05) is 12.1 Å². The fraction of sp³-hybridized carbons (Fsp3) is 0.763. The summed E-state index contributed by atoms with van der Waals surface area (Å²) < 4.78 is 15.9. The number of ether oxygens (including phenoxy) is 3. The van der Waals surface area contributed by atoms with Gasteiger partial charge >= 0.3 is 5.97 Å². The van der Waals surface area contributed by atoms with Crippen molar-refractivity contribution in [1.29, 1.82) is 0 Å². The standard InChI is InChI=1S/C38H66O4/c1-4-5-6-7-17-20-23-26-35(33-38(39)41-3)27-24-21-18-15-13-11-9-8-10-12-14-16-19-22-25-32-42-34-36-28-30-37(40-2)31-29-36/h10,12,28-31,35H,4-9,11,13-27,32-34H2,1-3H3/b12-10-. The molecule has 0 saturated carbocycles. The average Bonchev–Trinajstić information content (AvgIpc) is 3.01. The lowest BCUT2D eigenvalue weighted by atomic mass is 9.91. The summed E-state index contributed by atoms with van der Waals surface area (Å²) in [7, 11) is 3.21. The Bertz CT molecular complexity index is 742. The normalized spacial score (nSPS) is 12.2. The molecule has 4 heteroatoms. The van der Waals surface area contributed by atoms with Crippen LogP contribution in [0.15, 0.2) is 36.4 Å². The van der Waals surface area contributed by atoms with Gasteiger partial charge in [-0.1, -0.05) is 128 Å². The van der Waals surface area contributed by atoms with E-state index in [1.165, 1.54) is 148 Å². The zero-order chi connectivity index (χ0) is 30.4. The average molecular weight is 587 g/mol. The van der Waals surface area contributed by atoms with Gasteiger partial charge in [0.2, 0.25) is 0 Å². The topological polar surface area (TPSA) is 44.8 Å². The van der Waals surface area contributed by atoms with Crippen molar-refractivity contribution in [1.82, 2.24) is 0 Å². The number of carbonyl (C=O) groups is 1. The molecule has 0 spiro atoms. The van der Waals surface area contributed by atoms with Gasteiger partial charge in [-0.2, -0.15) is 0 Å². The fourth-order valence-corrected chi connectivity index (χ4v) is 5.60. The van der Waals surface area contributed by atoms with Crippen molar-refractivity contribution in [2.45, 2.75) is 161 Å². The van der Waals surface area contributed by atoms with Crippen molar-refractivity contribution in [3.8, 4) is 5.75 Å². The van der Waals surface area contributed by atoms with Crippen LogP contribution in [0.5, 0.6) is 5.75 Å². The number of esters is 1. The van der Waals surface area contributed by atoms with Crippen LogP contribution in [0.2, 0.25) is 0 Å². The van der Waals surface area contributed by atoms with E-state index in [-0.39, 0.29) is 5.97 Å². The zero-order valence-electron chi connectivity index (χ0n) is 27.9. The molecule has 4 nitrogen and oxygen atoms in total. The molecule has 0 fully saturated rings. The Morgan fingerprint density at radius 3 is 1.69 bits per heavy atom. The van der Waals surface area contributed by atoms with Gasteiger partial charge in [0.05, 0.1) is 20.8 Å². The van der Waals surface area contributed by atoms with Crippen LogP contribution in [-0.2, 0) is 20.9 Å². The number of hydrogen-bond acceptors (Lipinski definition) is 4. The second-order valence-electron chi connectivity index (χ2n) is 12.2. The predicted molar refractivity (Wildman–Crippen MR) is 179 cm³/mol. The molecule has 0 N–H and O–H groups in total. The Balaban J connectivity index is 1.89. The summed E-state index contributed by atoms with van der Waals surface area (Å²) >= 11 is 0. The molecule has 1 rings (SSSR count). The smallest absolute Gasteiger partial charge is 0.305 e. The summed E-state index contributed by atoms with van der Waals surface area (Å²) in [5.41, 5.74) is 1.20. The van der Waals surface area contributed by atoms with Crippen molar-refractivity contribution in [3.63, 3.8) is 0 Å². The Labute approximate surface area is 260 Å². The third kappa shape index (κ3) is 23.7. The first-order chi connectivity index (χ1) is 20.7. The van der Waals surface area contributed by atoms with E-state index in [1.54, 1.807) is 7.11 Å². The second kappa shape index (κ2) is 29.3. The first-order valence-electron chi connectivity index (χ1n) is 17.6. The van der Waals surface area contributed by atoms with E-state index in [2.05, 4.69) is 31.2 Å². The molecule has 1 aromatic rings. The summed E-state index contributed by atoms with van der Waals surface area (Å²) in [6, 6.07) is 8.10. The highest BCUT2D eigenvalue weighted by Gasteiger charge is 2.14. The molecule has 0 aromatic heterocycles. The summed E-state index contributed by atoms with van der Waals surface area (Å²) in [5.74, 6) is 1.38. The Morgan fingerprint density at radius 1 is 0.667 bits per heavy atom. The third-order valence-electron chi connectivity index (χ3n) is 8.39. The number of rotatable bonds is 30. The molecule has 0 amide bonds. The highest BCUT2D eigenvalue weighted by atomic mass is 16.5. The van der Waals surface area contributed by atoms with Gasteiger partial charge in [-0.15, -0.1) is 0 Å². The van der Waals surface area contributed by atoms with Crippen LogP contribution in [0.1, 0.15) is 160 Å². The largest absolute Gasteiger partial charge is 0.497 e. The lowest BCUT2D eigenvalue weighted by Crippen LogP contribution is -2.10. The van der Waals surface area contributed by atoms with Gasteiger partial charge in [-0.05, 0) is 68.6 Å². The van der Waals surface area contributed by atoms with Gasteiger partial charge in [-0.3, -0.25) is 4.79 Å². The monoisotopic (exact) mass is 586 g/mol. The van der Waals surface area contributed by atoms with Crippen LogP contribution < -0.4 is 4.74 Å². The molecule has 0 radical (unpaired) electrons. The maximum atomic E-state index is 11.8. The Hall–Kier alpha value is -1.81. The fourth-order valence-electron chi connectivity index (χ4n) is 5.60. The number of allylic oxidation sites excluding steroid dienone is 2. The molecular weight excluding hydrogens is 520 g/mol. The molecule has 1 aromatic carbocycles. The molecular formula is C38H66O4. The summed E-state index contributed by atoms with van der Waals surface area (Å²) in [6.45, 7) is 3.80. The predicted octanol–water partition coefficient (Wildman–Crippen LogP) is 11.5. The van der Waals surface area contributed by atoms with Gasteiger partial charge in [0.25, 0.3) is 0 Å². The van der Waals surface area contributed by atoms with Gasteiger partial charge in [0.15, 0.2) is 0 Å². The van der Waals surface area contributed by atoms with E-state index < -0.39 is 0 Å². The van der Waals surface area contributed by atoms with Gasteiger partial charge in [-0.25, -0.2) is 0 Å². The van der Waals surface area contributed by atoms with E-state index in [4.69, 9.17) is 14.2 Å². The van der Waals surface area contributed by atoms with Crippen molar-refractivity contribution in [2.24, 2.45) is 5.92 Å². The highest BCUT2D eigenvalue weighted by Crippen LogP contribution is 2.23. The number of unbranched alkanes of at least 4 members (excludes halogenated alkanes) is 17. The molecule has 1 atom stereocenters. The van der Waals surface area contributed by atoms with Crippen LogP contribution in [-0.4, -0.2) is 26.8 Å². The first-order valence-corrected chi connectivity index (χ1v) is 17.6. The molecule has 0 bridgehead atoms. The lowest BCUT2D eigenvalue weighted by molar-refractivity contribution is -0.141. The highest BCUT2D eigenvalue weighted by molar-refractivity contribution is 5.69.